The molecule has 3 saturated heterocycles. The van der Waals surface area contributed by atoms with Crippen LogP contribution in [-0.4, -0.2) is 66.8 Å². The van der Waals surface area contributed by atoms with Gasteiger partial charge in [0.25, 0.3) is 0 Å². The number of nitrogens with one attached hydrogen (secondary N) is 1. The van der Waals surface area contributed by atoms with E-state index < -0.39 is 20.9 Å². The summed E-state index contributed by atoms with van der Waals surface area (Å²) >= 11 is 5.88. The molecule has 2 amide bonds. The predicted molar refractivity (Wildman–Crippen MR) is 103 cm³/mol. The van der Waals surface area contributed by atoms with Crippen molar-refractivity contribution in [2.75, 3.05) is 31.5 Å². The monoisotopic (exact) mass is 413 g/mol. The van der Waals surface area contributed by atoms with Gasteiger partial charge in [0.1, 0.15) is 10.9 Å². The van der Waals surface area contributed by atoms with Crippen LogP contribution in [0.25, 0.3) is 0 Å². The third kappa shape index (κ3) is 3.33. The molecule has 3 aliphatic rings. The van der Waals surface area contributed by atoms with Crippen LogP contribution in [-0.2, 0) is 14.8 Å². The molecule has 27 heavy (non-hydrogen) atoms. The molecule has 3 heterocycles. The number of morpholine rings is 1. The number of carbonyl (C=O) groups is 1. The lowest BCUT2D eigenvalue weighted by molar-refractivity contribution is -0.0946. The van der Waals surface area contributed by atoms with Crippen LogP contribution in [0, 0.1) is 5.92 Å². The number of likely N-dealkylation sites (tertiary alicyclic amines) is 1. The fraction of sp³-hybridized carbons (Fsp3) is 0.611. The first-order chi connectivity index (χ1) is 12.7. The smallest absolute Gasteiger partial charge is 0.322 e. The highest BCUT2D eigenvalue weighted by Crippen LogP contribution is 2.46. The summed E-state index contributed by atoms with van der Waals surface area (Å²) in [5.74, 6) is 0.235. The van der Waals surface area contributed by atoms with Gasteiger partial charge in [-0.05, 0) is 36.6 Å². The normalized spacial score (nSPS) is 31.9. The van der Waals surface area contributed by atoms with Crippen LogP contribution >= 0.6 is 11.6 Å². The fourth-order valence-corrected chi connectivity index (χ4v) is 7.01. The molecular weight excluding hydrogens is 390 g/mol. The van der Waals surface area contributed by atoms with Crippen molar-refractivity contribution in [2.45, 2.75) is 37.2 Å². The fourth-order valence-electron chi connectivity index (χ4n) is 4.41. The third-order valence-electron chi connectivity index (χ3n) is 5.46. The van der Waals surface area contributed by atoms with E-state index in [1.54, 1.807) is 33.5 Å². The van der Waals surface area contributed by atoms with Gasteiger partial charge in [-0.15, -0.1) is 0 Å². The second kappa shape index (κ2) is 6.62. The maximum atomic E-state index is 13.0. The van der Waals surface area contributed by atoms with Gasteiger partial charge in [-0.2, -0.15) is 4.31 Å². The van der Waals surface area contributed by atoms with Gasteiger partial charge in [-0.25, -0.2) is 13.2 Å². The summed E-state index contributed by atoms with van der Waals surface area (Å²) in [4.78, 5) is 14.4. The Morgan fingerprint density at radius 3 is 2.70 bits per heavy atom. The zero-order valence-corrected chi connectivity index (χ0v) is 17.0. The van der Waals surface area contributed by atoms with Gasteiger partial charge >= 0.3 is 6.03 Å². The molecule has 3 fully saturated rings. The number of benzene rings is 1. The quantitative estimate of drug-likeness (QED) is 0.825. The van der Waals surface area contributed by atoms with Gasteiger partial charge < -0.3 is 15.0 Å². The second-order valence-corrected chi connectivity index (χ2v) is 10.6. The zero-order chi connectivity index (χ0) is 19.4. The Morgan fingerprint density at radius 2 is 2.04 bits per heavy atom. The summed E-state index contributed by atoms with van der Waals surface area (Å²) in [5.41, 5.74) is -0.175. The van der Waals surface area contributed by atoms with Gasteiger partial charge in [0.2, 0.25) is 10.0 Å². The second-order valence-electron chi connectivity index (χ2n) is 8.08. The molecule has 2 bridgehead atoms. The third-order valence-corrected chi connectivity index (χ3v) is 8.05. The Kier molecular flexibility index (Phi) is 4.65. The van der Waals surface area contributed by atoms with E-state index in [2.05, 4.69) is 5.32 Å². The molecule has 148 valence electrons. The minimum atomic E-state index is -3.40. The van der Waals surface area contributed by atoms with Crippen LogP contribution in [0.5, 0.6) is 0 Å². The van der Waals surface area contributed by atoms with Crippen molar-refractivity contribution in [1.82, 2.24) is 9.21 Å². The lowest BCUT2D eigenvalue weighted by atomic mass is 9.99. The Balaban J connectivity index is 1.52. The molecule has 0 aliphatic carbocycles. The molecule has 0 aromatic heterocycles. The van der Waals surface area contributed by atoms with Crippen LogP contribution in [0.2, 0.25) is 5.02 Å². The Bertz CT molecular complexity index is 845. The number of ether oxygens (including phenoxy) is 1. The molecule has 4 rings (SSSR count). The molecule has 1 N–H and O–H groups in total. The summed E-state index contributed by atoms with van der Waals surface area (Å²) in [6, 6.07) is 6.65. The Labute approximate surface area is 164 Å². The predicted octanol–water partition coefficient (Wildman–Crippen LogP) is 2.39. The highest BCUT2D eigenvalue weighted by atomic mass is 35.5. The summed E-state index contributed by atoms with van der Waals surface area (Å²) in [6.07, 6.45) is 0.206. The van der Waals surface area contributed by atoms with Crippen LogP contribution in [0.15, 0.2) is 24.3 Å². The van der Waals surface area contributed by atoms with Gasteiger partial charge in [0, 0.05) is 30.3 Å². The SMILES string of the molecule is CC(C)CN1C[C@@]23CN(C(=O)Nc4ccc(Cl)cc4)C[C@@H](C[C@@H]2S1(=O)=O)O3. The molecule has 0 radical (unpaired) electrons. The lowest BCUT2D eigenvalue weighted by Crippen LogP contribution is -2.57. The van der Waals surface area contributed by atoms with E-state index in [-0.39, 0.29) is 24.6 Å². The van der Waals surface area contributed by atoms with E-state index in [0.717, 1.165) is 0 Å². The van der Waals surface area contributed by atoms with Crippen molar-refractivity contribution in [1.29, 1.82) is 0 Å². The number of rotatable bonds is 3. The number of anilines is 1. The first kappa shape index (κ1) is 19.0. The van der Waals surface area contributed by atoms with Crippen LogP contribution in [0.3, 0.4) is 0 Å². The van der Waals surface area contributed by atoms with Crippen molar-refractivity contribution >= 4 is 33.3 Å². The van der Waals surface area contributed by atoms with Crippen molar-refractivity contribution < 1.29 is 17.9 Å². The van der Waals surface area contributed by atoms with Gasteiger partial charge in [-0.1, -0.05) is 25.4 Å². The van der Waals surface area contributed by atoms with Gasteiger partial charge in [-0.3, -0.25) is 0 Å². The lowest BCUT2D eigenvalue weighted by Gasteiger charge is -2.39. The first-order valence-corrected chi connectivity index (χ1v) is 11.1. The molecule has 7 nitrogen and oxygen atoms in total. The van der Waals surface area contributed by atoms with Crippen LogP contribution in [0.1, 0.15) is 20.3 Å². The largest absolute Gasteiger partial charge is 0.365 e. The van der Waals surface area contributed by atoms with E-state index in [0.29, 0.717) is 36.8 Å². The van der Waals surface area contributed by atoms with Gasteiger partial charge in [0.05, 0.1) is 12.6 Å². The number of halogens is 1. The average molecular weight is 414 g/mol. The molecule has 1 spiro atoms. The van der Waals surface area contributed by atoms with E-state index in [1.807, 2.05) is 13.8 Å². The van der Waals surface area contributed by atoms with E-state index >= 15 is 0 Å². The molecule has 9 heteroatoms. The molecular formula is C18H24ClN3O4S. The average Bonchev–Trinajstić information content (AvgIpc) is 2.95. The summed E-state index contributed by atoms with van der Waals surface area (Å²) in [5, 5.41) is 2.89. The topological polar surface area (TPSA) is 79.0 Å². The van der Waals surface area contributed by atoms with Crippen molar-refractivity contribution in [3.05, 3.63) is 29.3 Å². The number of carbonyl (C=O) groups excluding carboxylic acids is 1. The summed E-state index contributed by atoms with van der Waals surface area (Å²) in [6.45, 7) is 5.47. The van der Waals surface area contributed by atoms with Crippen LogP contribution in [0.4, 0.5) is 10.5 Å². The summed E-state index contributed by atoms with van der Waals surface area (Å²) in [7, 11) is -3.40. The maximum absolute atomic E-state index is 13.0. The number of urea groups is 1. The number of sulfonamides is 1. The molecule has 0 unspecified atom stereocenters. The highest BCUT2D eigenvalue weighted by Gasteiger charge is 2.65. The number of fused-ring (bicyclic) bond motifs is 1. The van der Waals surface area contributed by atoms with Crippen molar-refractivity contribution in [3.8, 4) is 0 Å². The van der Waals surface area contributed by atoms with Crippen molar-refractivity contribution in [2.24, 2.45) is 5.92 Å². The molecule has 1 aromatic rings. The molecule has 3 atom stereocenters. The number of hydrogen-bond donors (Lipinski definition) is 1. The Morgan fingerprint density at radius 1 is 1.33 bits per heavy atom. The highest BCUT2D eigenvalue weighted by molar-refractivity contribution is 7.90. The number of hydrogen-bond acceptors (Lipinski definition) is 4. The zero-order valence-electron chi connectivity index (χ0n) is 15.4. The maximum Gasteiger partial charge on any atom is 0.322 e. The van der Waals surface area contributed by atoms with Crippen molar-refractivity contribution in [3.63, 3.8) is 0 Å². The molecule has 0 saturated carbocycles. The van der Waals surface area contributed by atoms with E-state index in [1.165, 1.54) is 0 Å². The van der Waals surface area contributed by atoms with E-state index in [9.17, 15) is 13.2 Å². The van der Waals surface area contributed by atoms with E-state index in [4.69, 9.17) is 16.3 Å². The molecule has 3 aliphatic heterocycles. The number of nitrogens with zero attached hydrogens (tertiary/aromatic N) is 2. The standard InChI is InChI=1S/C18H24ClN3O4S/c1-12(2)8-22-11-18-10-21(9-15(26-18)7-16(18)27(22,24)25)17(23)20-14-5-3-13(19)4-6-14/h3-6,12,15-16H,7-11H2,1-2H3,(H,20,23)/t15-,16+,18+/m1/s1. The van der Waals surface area contributed by atoms with Gasteiger partial charge in [0.15, 0.2) is 0 Å². The molecule has 1 aromatic carbocycles. The summed E-state index contributed by atoms with van der Waals surface area (Å²) < 4.78 is 33.6. The number of amides is 2. The van der Waals surface area contributed by atoms with Crippen LogP contribution < -0.4 is 5.32 Å². The minimum Gasteiger partial charge on any atom is -0.365 e. The first-order valence-electron chi connectivity index (χ1n) is 9.18. The minimum absolute atomic E-state index is 0.235. The Hall–Kier alpha value is -1.35.